The fourth-order valence-corrected chi connectivity index (χ4v) is 2.20. The molecule has 0 saturated heterocycles. The Kier molecular flexibility index (Phi) is 8.13. The van der Waals surface area contributed by atoms with Gasteiger partial charge in [-0.15, -0.1) is 0 Å². The van der Waals surface area contributed by atoms with Crippen LogP contribution >= 0.6 is 15.9 Å². The third-order valence-electron chi connectivity index (χ3n) is 3.25. The lowest BCUT2D eigenvalue weighted by molar-refractivity contribution is -0.138. The van der Waals surface area contributed by atoms with E-state index in [-0.39, 0.29) is 30.5 Å². The average Bonchev–Trinajstić information content (AvgIpc) is 2.53. The Morgan fingerprint density at radius 1 is 1.27 bits per heavy atom. The lowest BCUT2D eigenvalue weighted by Crippen LogP contribution is -2.43. The summed E-state index contributed by atoms with van der Waals surface area (Å²) < 4.78 is 39.9. The molecule has 5 nitrogen and oxygen atoms in total. The highest BCUT2D eigenvalue weighted by molar-refractivity contribution is 9.10. The summed E-state index contributed by atoms with van der Waals surface area (Å²) in [6, 6.07) is 3.93. The van der Waals surface area contributed by atoms with Crippen LogP contribution in [-0.4, -0.2) is 44.0 Å². The van der Waals surface area contributed by atoms with E-state index < -0.39 is 11.7 Å². The lowest BCUT2D eigenvalue weighted by atomic mass is 10.1. The molecule has 0 fully saturated rings. The molecular weight excluding hydrogens is 413 g/mol. The van der Waals surface area contributed by atoms with Crippen molar-refractivity contribution in [2.75, 3.05) is 27.2 Å². The van der Waals surface area contributed by atoms with Crippen LogP contribution in [0.15, 0.2) is 39.8 Å². The predicted octanol–water partition coefficient (Wildman–Crippen LogP) is 3.17. The number of alkyl halides is 3. The smallest absolute Gasteiger partial charge is 0.353 e. The molecule has 0 spiro atoms. The Morgan fingerprint density at radius 3 is 2.42 bits per heavy atom. The molecule has 0 aliphatic rings. The van der Waals surface area contributed by atoms with Crippen LogP contribution in [0.4, 0.5) is 13.2 Å². The van der Waals surface area contributed by atoms with E-state index in [1.807, 2.05) is 0 Å². The van der Waals surface area contributed by atoms with Gasteiger partial charge in [0.15, 0.2) is 5.96 Å². The van der Waals surface area contributed by atoms with E-state index in [9.17, 15) is 18.0 Å². The molecule has 0 aromatic heterocycles. The number of carbonyl (C=O) groups is 1. The van der Waals surface area contributed by atoms with Crippen LogP contribution in [0.25, 0.3) is 0 Å². The van der Waals surface area contributed by atoms with Gasteiger partial charge in [-0.2, -0.15) is 13.2 Å². The minimum Gasteiger partial charge on any atom is -0.353 e. The summed E-state index contributed by atoms with van der Waals surface area (Å²) in [6.45, 7) is 5.71. The molecule has 1 aromatic carbocycles. The van der Waals surface area contributed by atoms with Crippen molar-refractivity contribution in [3.63, 3.8) is 0 Å². The molecule has 0 unspecified atom stereocenters. The molecule has 1 rings (SSSR count). The van der Waals surface area contributed by atoms with Gasteiger partial charge in [-0.1, -0.05) is 34.1 Å². The molecule has 0 heterocycles. The standard InChI is InChI=1S/C17H22BrF3N4O/c1-11(2)8-22-16(24-10-15(26)25(3)4)23-9-12-5-6-13(18)7-14(12)17(19,20)21/h5-7H,1,8-10H2,2-4H3,(H2,22,23,24). The van der Waals surface area contributed by atoms with Crippen molar-refractivity contribution in [1.29, 1.82) is 0 Å². The Hall–Kier alpha value is -2.03. The van der Waals surface area contributed by atoms with Crippen LogP contribution in [0.3, 0.4) is 0 Å². The maximum Gasteiger partial charge on any atom is 0.416 e. The summed E-state index contributed by atoms with van der Waals surface area (Å²) in [5.41, 5.74) is 0.105. The first-order valence-corrected chi connectivity index (χ1v) is 8.52. The maximum absolute atomic E-state index is 13.2. The van der Waals surface area contributed by atoms with E-state index in [1.54, 1.807) is 21.0 Å². The summed E-state index contributed by atoms with van der Waals surface area (Å²) in [5.74, 6) is 0.0497. The number of halogens is 4. The van der Waals surface area contributed by atoms with Gasteiger partial charge in [0.2, 0.25) is 5.91 Å². The molecule has 144 valence electrons. The molecule has 1 amide bonds. The summed E-state index contributed by atoms with van der Waals surface area (Å²) in [6.07, 6.45) is -4.48. The number of hydrogen-bond acceptors (Lipinski definition) is 2. The van der Waals surface area contributed by atoms with Gasteiger partial charge in [0.25, 0.3) is 0 Å². The van der Waals surface area contributed by atoms with Crippen LogP contribution in [0, 0.1) is 0 Å². The van der Waals surface area contributed by atoms with Crippen molar-refractivity contribution in [1.82, 2.24) is 15.5 Å². The normalized spacial score (nSPS) is 11.9. The van der Waals surface area contributed by atoms with E-state index in [2.05, 4.69) is 38.1 Å². The topological polar surface area (TPSA) is 56.7 Å². The fraction of sp³-hybridized carbons (Fsp3) is 0.412. The van der Waals surface area contributed by atoms with Crippen molar-refractivity contribution in [2.24, 2.45) is 4.99 Å². The van der Waals surface area contributed by atoms with E-state index in [4.69, 9.17) is 0 Å². The van der Waals surface area contributed by atoms with Crippen molar-refractivity contribution in [3.8, 4) is 0 Å². The number of likely N-dealkylation sites (N-methyl/N-ethyl adjacent to an activating group) is 1. The summed E-state index contributed by atoms with van der Waals surface area (Å²) in [5, 5.41) is 5.74. The van der Waals surface area contributed by atoms with Crippen LogP contribution in [0.5, 0.6) is 0 Å². The number of nitrogens with one attached hydrogen (secondary N) is 2. The van der Waals surface area contributed by atoms with Gasteiger partial charge < -0.3 is 15.5 Å². The highest BCUT2D eigenvalue weighted by atomic mass is 79.9. The van der Waals surface area contributed by atoms with Crippen LogP contribution in [-0.2, 0) is 17.5 Å². The monoisotopic (exact) mass is 434 g/mol. The van der Waals surface area contributed by atoms with Crippen molar-refractivity contribution in [2.45, 2.75) is 19.6 Å². The molecule has 0 atom stereocenters. The van der Waals surface area contributed by atoms with E-state index in [0.29, 0.717) is 11.0 Å². The molecule has 0 bridgehead atoms. The molecule has 9 heteroatoms. The van der Waals surface area contributed by atoms with Gasteiger partial charge in [-0.3, -0.25) is 4.79 Å². The first-order chi connectivity index (χ1) is 12.0. The molecule has 0 aliphatic heterocycles. The first-order valence-electron chi connectivity index (χ1n) is 7.73. The van der Waals surface area contributed by atoms with Gasteiger partial charge in [0.1, 0.15) is 0 Å². The van der Waals surface area contributed by atoms with E-state index in [1.165, 1.54) is 17.0 Å². The number of nitrogens with zero attached hydrogens (tertiary/aromatic N) is 2. The number of amides is 1. The minimum absolute atomic E-state index is 0.0263. The molecule has 2 N–H and O–H groups in total. The average molecular weight is 435 g/mol. The second-order valence-electron chi connectivity index (χ2n) is 5.92. The minimum atomic E-state index is -4.48. The second kappa shape index (κ2) is 9.61. The second-order valence-corrected chi connectivity index (χ2v) is 6.83. The molecule has 0 saturated carbocycles. The third-order valence-corrected chi connectivity index (χ3v) is 3.74. The quantitative estimate of drug-likeness (QED) is 0.410. The zero-order chi connectivity index (χ0) is 19.9. The van der Waals surface area contributed by atoms with E-state index in [0.717, 1.165) is 11.6 Å². The molecule has 0 aliphatic carbocycles. The van der Waals surface area contributed by atoms with E-state index >= 15 is 0 Å². The van der Waals surface area contributed by atoms with Crippen molar-refractivity contribution >= 4 is 27.8 Å². The molecule has 1 aromatic rings. The van der Waals surface area contributed by atoms with Crippen LogP contribution in [0.2, 0.25) is 0 Å². The van der Waals surface area contributed by atoms with Gasteiger partial charge >= 0.3 is 6.18 Å². The molecular formula is C17H22BrF3N4O. The number of aliphatic imine (C=N–C) groups is 1. The number of guanidine groups is 1. The predicted molar refractivity (Wildman–Crippen MR) is 99.8 cm³/mol. The highest BCUT2D eigenvalue weighted by Gasteiger charge is 2.33. The number of rotatable bonds is 6. The number of carbonyl (C=O) groups excluding carboxylic acids is 1. The lowest BCUT2D eigenvalue weighted by Gasteiger charge is -2.16. The Labute approximate surface area is 159 Å². The van der Waals surface area contributed by atoms with Gasteiger partial charge in [-0.25, -0.2) is 4.99 Å². The fourth-order valence-electron chi connectivity index (χ4n) is 1.84. The Morgan fingerprint density at radius 2 is 1.88 bits per heavy atom. The van der Waals surface area contributed by atoms with Crippen molar-refractivity contribution in [3.05, 3.63) is 46.0 Å². The molecule has 26 heavy (non-hydrogen) atoms. The largest absolute Gasteiger partial charge is 0.416 e. The maximum atomic E-state index is 13.2. The SMILES string of the molecule is C=C(C)CNC(=NCc1ccc(Br)cc1C(F)(F)F)NCC(=O)N(C)C. The van der Waals surface area contributed by atoms with Gasteiger partial charge in [0, 0.05) is 25.1 Å². The van der Waals surface area contributed by atoms with Gasteiger partial charge in [-0.05, 0) is 24.6 Å². The Bertz CT molecular complexity index is 687. The van der Waals surface area contributed by atoms with Crippen LogP contribution in [0.1, 0.15) is 18.1 Å². The van der Waals surface area contributed by atoms with Crippen molar-refractivity contribution < 1.29 is 18.0 Å². The first kappa shape index (κ1) is 22.0. The number of hydrogen-bond donors (Lipinski definition) is 2. The summed E-state index contributed by atoms with van der Waals surface area (Å²) in [7, 11) is 3.22. The molecule has 0 radical (unpaired) electrons. The summed E-state index contributed by atoms with van der Waals surface area (Å²) in [4.78, 5) is 17.3. The number of benzene rings is 1. The summed E-state index contributed by atoms with van der Waals surface area (Å²) >= 11 is 3.05. The highest BCUT2D eigenvalue weighted by Crippen LogP contribution is 2.34. The third kappa shape index (κ3) is 7.47. The zero-order valence-corrected chi connectivity index (χ0v) is 16.5. The van der Waals surface area contributed by atoms with Crippen LogP contribution < -0.4 is 10.6 Å². The Balaban J connectivity index is 2.98. The zero-order valence-electron chi connectivity index (χ0n) is 14.9. The van der Waals surface area contributed by atoms with Gasteiger partial charge in [0.05, 0.1) is 18.7 Å².